The van der Waals surface area contributed by atoms with Crippen LogP contribution < -0.4 is 5.32 Å². The first-order valence-electron chi connectivity index (χ1n) is 8.64. The number of aromatic nitrogens is 1. The van der Waals surface area contributed by atoms with Crippen LogP contribution in [0, 0.1) is 6.92 Å². The molecule has 0 unspecified atom stereocenters. The topological polar surface area (TPSA) is 37.3 Å². The van der Waals surface area contributed by atoms with Crippen LogP contribution >= 0.6 is 11.6 Å². The number of amides is 2. The molecule has 2 amide bonds. The van der Waals surface area contributed by atoms with Crippen molar-refractivity contribution in [2.24, 2.45) is 0 Å². The Morgan fingerprint density at radius 1 is 1.12 bits per heavy atom. The molecule has 0 radical (unpaired) electrons. The van der Waals surface area contributed by atoms with Gasteiger partial charge in [-0.3, -0.25) is 0 Å². The molecule has 2 aromatic carbocycles. The lowest BCUT2D eigenvalue weighted by Crippen LogP contribution is -2.36. The van der Waals surface area contributed by atoms with E-state index in [-0.39, 0.29) is 12.1 Å². The van der Waals surface area contributed by atoms with E-state index in [1.165, 1.54) is 0 Å². The van der Waals surface area contributed by atoms with Gasteiger partial charge >= 0.3 is 6.03 Å². The van der Waals surface area contributed by atoms with Crippen molar-refractivity contribution in [2.45, 2.75) is 26.4 Å². The summed E-state index contributed by atoms with van der Waals surface area (Å²) in [4.78, 5) is 15.0. The minimum Gasteiger partial charge on any atom is -0.318 e. The quantitative estimate of drug-likeness (QED) is 0.603. The molecule has 1 N–H and O–H groups in total. The van der Waals surface area contributed by atoms with Crippen molar-refractivity contribution in [1.82, 2.24) is 9.47 Å². The number of halogens is 1. The van der Waals surface area contributed by atoms with Crippen LogP contribution in [-0.4, -0.2) is 15.5 Å². The van der Waals surface area contributed by atoms with Crippen LogP contribution in [0.1, 0.15) is 29.8 Å². The second-order valence-electron chi connectivity index (χ2n) is 6.58. The lowest BCUT2D eigenvalue weighted by atomic mass is 10.1. The molecule has 1 atom stereocenters. The molecule has 4 rings (SSSR count). The van der Waals surface area contributed by atoms with Gasteiger partial charge in [-0.25, -0.2) is 4.79 Å². The minimum atomic E-state index is -0.132. The fourth-order valence-electron chi connectivity index (χ4n) is 3.49. The van der Waals surface area contributed by atoms with E-state index >= 15 is 0 Å². The Bertz CT molecular complexity index is 979. The lowest BCUT2D eigenvalue weighted by molar-refractivity contribution is 0.189. The van der Waals surface area contributed by atoms with E-state index in [1.54, 1.807) is 0 Å². The number of para-hydroxylation sites is 1. The number of rotatable bonds is 1. The third-order valence-corrected chi connectivity index (χ3v) is 5.45. The van der Waals surface area contributed by atoms with E-state index < -0.39 is 0 Å². The van der Waals surface area contributed by atoms with Gasteiger partial charge in [-0.1, -0.05) is 35.9 Å². The highest BCUT2D eigenvalue weighted by Gasteiger charge is 2.28. The first kappa shape index (κ1) is 16.7. The van der Waals surface area contributed by atoms with Crippen molar-refractivity contribution in [3.8, 4) is 5.69 Å². The number of anilines is 1. The van der Waals surface area contributed by atoms with Gasteiger partial charge in [-0.2, -0.15) is 0 Å². The van der Waals surface area contributed by atoms with Gasteiger partial charge < -0.3 is 14.8 Å². The van der Waals surface area contributed by atoms with E-state index in [4.69, 9.17) is 11.6 Å². The number of nitrogens with one attached hydrogen (secondary N) is 1. The molecule has 26 heavy (non-hydrogen) atoms. The predicted molar refractivity (Wildman–Crippen MR) is 105 cm³/mol. The first-order chi connectivity index (χ1) is 12.6. The van der Waals surface area contributed by atoms with Crippen molar-refractivity contribution < 1.29 is 4.79 Å². The Labute approximate surface area is 158 Å². The second kappa shape index (κ2) is 6.54. The highest BCUT2D eigenvalue weighted by atomic mass is 35.5. The van der Waals surface area contributed by atoms with E-state index in [0.717, 1.165) is 28.2 Å². The average Bonchev–Trinajstić information content (AvgIpc) is 3.09. The van der Waals surface area contributed by atoms with Crippen molar-refractivity contribution in [1.29, 1.82) is 0 Å². The number of nitrogens with zero attached hydrogens (tertiary/aromatic N) is 2. The smallest absolute Gasteiger partial charge is 0.318 e. The van der Waals surface area contributed by atoms with Crippen LogP contribution in [-0.2, 0) is 6.54 Å². The summed E-state index contributed by atoms with van der Waals surface area (Å²) in [5.74, 6) is 0. The number of benzene rings is 2. The van der Waals surface area contributed by atoms with E-state index in [1.807, 2.05) is 54.4 Å². The highest BCUT2D eigenvalue weighted by molar-refractivity contribution is 6.31. The zero-order chi connectivity index (χ0) is 18.3. The Hall–Kier alpha value is -2.72. The number of fused-ring (bicyclic) bond motifs is 3. The molecule has 1 aromatic heterocycles. The zero-order valence-corrected chi connectivity index (χ0v) is 15.5. The molecule has 0 spiro atoms. The van der Waals surface area contributed by atoms with Gasteiger partial charge in [-0.05, 0) is 55.3 Å². The average molecular weight is 366 g/mol. The normalized spacial score (nSPS) is 15.8. The number of hydrogen-bond donors (Lipinski definition) is 1. The van der Waals surface area contributed by atoms with Crippen LogP contribution in [0.3, 0.4) is 0 Å². The molecule has 5 heteroatoms. The van der Waals surface area contributed by atoms with Crippen LogP contribution in [0.2, 0.25) is 5.02 Å². The van der Waals surface area contributed by atoms with Crippen LogP contribution in [0.4, 0.5) is 10.5 Å². The monoisotopic (exact) mass is 365 g/mol. The molecule has 0 aliphatic carbocycles. The summed E-state index contributed by atoms with van der Waals surface area (Å²) in [6, 6.07) is 17.6. The number of carbonyl (C=O) groups is 1. The minimum absolute atomic E-state index is 0.0584. The maximum absolute atomic E-state index is 13.1. The first-order valence-corrected chi connectivity index (χ1v) is 9.02. The van der Waals surface area contributed by atoms with Gasteiger partial charge in [0.15, 0.2) is 0 Å². The van der Waals surface area contributed by atoms with Crippen LogP contribution in [0.5, 0.6) is 0 Å². The molecule has 0 fully saturated rings. The maximum Gasteiger partial charge on any atom is 0.322 e. The third-order valence-electron chi connectivity index (χ3n) is 5.04. The molecule has 0 saturated carbocycles. The summed E-state index contributed by atoms with van der Waals surface area (Å²) in [5.41, 5.74) is 4.94. The van der Waals surface area contributed by atoms with Crippen molar-refractivity contribution >= 4 is 23.3 Å². The van der Waals surface area contributed by atoms with Gasteiger partial charge in [-0.15, -0.1) is 0 Å². The van der Waals surface area contributed by atoms with Gasteiger partial charge in [0, 0.05) is 22.6 Å². The SMILES string of the molecule is Cc1c(Cl)cccc1NC(=O)N1Cc2ccccc2-n2cccc2[C@H]1C. The molecule has 4 nitrogen and oxygen atoms in total. The van der Waals surface area contributed by atoms with Gasteiger partial charge in [0.25, 0.3) is 0 Å². The van der Waals surface area contributed by atoms with E-state index in [2.05, 4.69) is 35.0 Å². The number of urea groups is 1. The Morgan fingerprint density at radius 3 is 2.77 bits per heavy atom. The lowest BCUT2D eigenvalue weighted by Gasteiger charge is -2.28. The summed E-state index contributed by atoms with van der Waals surface area (Å²) in [6.45, 7) is 4.51. The highest BCUT2D eigenvalue weighted by Crippen LogP contribution is 2.32. The largest absolute Gasteiger partial charge is 0.322 e. The molecule has 1 aliphatic rings. The van der Waals surface area contributed by atoms with Crippen LogP contribution in [0.25, 0.3) is 5.69 Å². The van der Waals surface area contributed by atoms with E-state index in [0.29, 0.717) is 11.6 Å². The Morgan fingerprint density at radius 2 is 1.92 bits per heavy atom. The van der Waals surface area contributed by atoms with Crippen molar-refractivity contribution in [3.63, 3.8) is 0 Å². The third kappa shape index (κ3) is 2.76. The fraction of sp³-hybridized carbons (Fsp3) is 0.190. The van der Waals surface area contributed by atoms with Crippen LogP contribution in [0.15, 0.2) is 60.8 Å². The summed E-state index contributed by atoms with van der Waals surface area (Å²) < 4.78 is 2.16. The second-order valence-corrected chi connectivity index (χ2v) is 6.99. The summed E-state index contributed by atoms with van der Waals surface area (Å²) >= 11 is 6.19. The number of carbonyl (C=O) groups excluding carboxylic acids is 1. The predicted octanol–water partition coefficient (Wildman–Crippen LogP) is 5.55. The van der Waals surface area contributed by atoms with Gasteiger partial charge in [0.1, 0.15) is 0 Å². The molecule has 0 saturated heterocycles. The number of hydrogen-bond acceptors (Lipinski definition) is 1. The summed E-state index contributed by atoms with van der Waals surface area (Å²) in [7, 11) is 0. The summed E-state index contributed by atoms with van der Waals surface area (Å²) in [6.07, 6.45) is 2.05. The zero-order valence-electron chi connectivity index (χ0n) is 14.7. The van der Waals surface area contributed by atoms with Crippen molar-refractivity contribution in [3.05, 3.63) is 82.6 Å². The van der Waals surface area contributed by atoms with Gasteiger partial charge in [0.05, 0.1) is 18.3 Å². The molecule has 132 valence electrons. The molecule has 1 aliphatic heterocycles. The molecular formula is C21H20ClN3O. The standard InChI is InChI=1S/C21H20ClN3O/c1-14-17(22)8-5-9-18(14)23-21(26)25-13-16-7-3-4-10-20(16)24-12-6-11-19(24)15(25)2/h3-12,15H,13H2,1-2H3,(H,23,26)/t15-/m1/s1. The molecular weight excluding hydrogens is 346 g/mol. The summed E-state index contributed by atoms with van der Waals surface area (Å²) in [5, 5.41) is 3.67. The van der Waals surface area contributed by atoms with Crippen molar-refractivity contribution in [2.75, 3.05) is 5.32 Å². The van der Waals surface area contributed by atoms with Gasteiger partial charge in [0.2, 0.25) is 0 Å². The Balaban J connectivity index is 1.71. The van der Waals surface area contributed by atoms with E-state index in [9.17, 15) is 4.79 Å². The molecule has 3 aromatic rings. The molecule has 2 heterocycles. The fourth-order valence-corrected chi connectivity index (χ4v) is 3.67. The Kier molecular flexibility index (Phi) is 4.21. The maximum atomic E-state index is 13.1. The molecule has 0 bridgehead atoms.